The van der Waals surface area contributed by atoms with Gasteiger partial charge in [0.1, 0.15) is 23.8 Å². The van der Waals surface area contributed by atoms with E-state index >= 15 is 0 Å². The van der Waals surface area contributed by atoms with Crippen molar-refractivity contribution in [3.8, 4) is 5.75 Å². The van der Waals surface area contributed by atoms with E-state index in [9.17, 15) is 24.9 Å². The normalized spacial score (nSPS) is 16.2. The number of aliphatic hydroxyl groups excluding tert-OH is 1. The number of phenolic OH excluding ortho intramolecular Hbond substituents is 1. The van der Waals surface area contributed by atoms with Gasteiger partial charge in [0.25, 0.3) is 0 Å². The second-order valence-electron chi connectivity index (χ2n) is 5.73. The number of hydrogen-bond acceptors (Lipinski definition) is 6. The summed E-state index contributed by atoms with van der Waals surface area (Å²) in [5.74, 6) is -1.19. The maximum atomic E-state index is 11.5. The van der Waals surface area contributed by atoms with Crippen LogP contribution in [0.5, 0.6) is 5.75 Å². The van der Waals surface area contributed by atoms with Crippen LogP contribution in [0.15, 0.2) is 59.9 Å². The Morgan fingerprint density at radius 1 is 1.12 bits per heavy atom. The van der Waals surface area contributed by atoms with Crippen LogP contribution >= 0.6 is 0 Å². The second-order valence-corrected chi connectivity index (χ2v) is 5.73. The second kappa shape index (κ2) is 9.55. The molecular formula is C19H22N2O5. The predicted molar refractivity (Wildman–Crippen MR) is 96.9 cm³/mol. The van der Waals surface area contributed by atoms with Crippen LogP contribution in [-0.2, 0) is 9.59 Å². The van der Waals surface area contributed by atoms with Gasteiger partial charge in [0.15, 0.2) is 0 Å². The highest BCUT2D eigenvalue weighted by Gasteiger charge is 2.23. The number of phenols is 1. The molecule has 26 heavy (non-hydrogen) atoms. The van der Waals surface area contributed by atoms with E-state index in [0.717, 1.165) is 0 Å². The van der Waals surface area contributed by atoms with Gasteiger partial charge in [0, 0.05) is 24.2 Å². The van der Waals surface area contributed by atoms with Crippen LogP contribution in [-0.4, -0.2) is 46.7 Å². The van der Waals surface area contributed by atoms with E-state index in [-0.39, 0.29) is 30.2 Å². The number of aliphatic hydroxyl groups is 1. The smallest absolute Gasteiger partial charge is 0.325 e. The molecule has 0 bridgehead atoms. The van der Waals surface area contributed by atoms with E-state index in [4.69, 9.17) is 0 Å². The molecular weight excluding hydrogens is 336 g/mol. The average Bonchev–Trinajstić information content (AvgIpc) is 2.83. The lowest BCUT2D eigenvalue weighted by Gasteiger charge is -2.18. The molecule has 138 valence electrons. The summed E-state index contributed by atoms with van der Waals surface area (Å²) in [7, 11) is 0. The Balaban J connectivity index is 1.96. The number of carboxylic acid groups (broad SMARTS) is 1. The van der Waals surface area contributed by atoms with Crippen molar-refractivity contribution in [1.82, 2.24) is 10.6 Å². The molecule has 7 heteroatoms. The Hall–Kier alpha value is -2.90. The Morgan fingerprint density at radius 3 is 2.50 bits per heavy atom. The molecule has 1 aliphatic rings. The number of aldehydes is 1. The van der Waals surface area contributed by atoms with E-state index in [2.05, 4.69) is 10.6 Å². The number of aliphatic carboxylic acids is 1. The number of para-hydroxylation sites is 1. The molecule has 5 N–H and O–H groups in total. The highest BCUT2D eigenvalue weighted by molar-refractivity contribution is 5.79. The molecule has 0 aliphatic heterocycles. The first-order valence-electron chi connectivity index (χ1n) is 8.23. The highest BCUT2D eigenvalue weighted by atomic mass is 16.4. The maximum Gasteiger partial charge on any atom is 0.325 e. The van der Waals surface area contributed by atoms with Crippen molar-refractivity contribution >= 4 is 12.3 Å². The fourth-order valence-corrected chi connectivity index (χ4v) is 2.64. The standard InChI is InChI=1S/C19H22N2O5/c22-12-15(13-6-4-5-9-16(13)23)20-10-11-21-18(19(25)26)14-7-2-1-3-8-17(14)24/h2-9,12,15,18,20-21,23-24H,1,10-11H2,(H,25,26). The van der Waals surface area contributed by atoms with Crippen molar-refractivity contribution in [2.24, 2.45) is 0 Å². The largest absolute Gasteiger partial charge is 0.508 e. The lowest BCUT2D eigenvalue weighted by molar-refractivity contribution is -0.138. The van der Waals surface area contributed by atoms with Crippen molar-refractivity contribution in [1.29, 1.82) is 0 Å². The zero-order valence-corrected chi connectivity index (χ0v) is 14.1. The Morgan fingerprint density at radius 2 is 1.81 bits per heavy atom. The van der Waals surface area contributed by atoms with Crippen LogP contribution < -0.4 is 10.6 Å². The van der Waals surface area contributed by atoms with E-state index in [1.807, 2.05) is 0 Å². The van der Waals surface area contributed by atoms with Crippen LogP contribution in [0.2, 0.25) is 0 Å². The lowest BCUT2D eigenvalue weighted by Crippen LogP contribution is -2.42. The fourth-order valence-electron chi connectivity index (χ4n) is 2.64. The van der Waals surface area contributed by atoms with Crippen LogP contribution in [0, 0.1) is 0 Å². The van der Waals surface area contributed by atoms with Gasteiger partial charge in [0.05, 0.1) is 6.04 Å². The van der Waals surface area contributed by atoms with Gasteiger partial charge in [-0.3, -0.25) is 10.1 Å². The fraction of sp³-hybridized carbons (Fsp3) is 0.263. The predicted octanol–water partition coefficient (Wildman–Crippen LogP) is 1.59. The minimum absolute atomic E-state index is 0.0129. The number of hydrogen-bond donors (Lipinski definition) is 5. The minimum Gasteiger partial charge on any atom is -0.508 e. The van der Waals surface area contributed by atoms with Gasteiger partial charge in [-0.15, -0.1) is 0 Å². The SMILES string of the molecule is O=CC(NCCNC(C(=O)O)C1=C(O)C=CCC=C1)c1ccccc1O. The molecule has 1 aliphatic carbocycles. The highest BCUT2D eigenvalue weighted by Crippen LogP contribution is 2.22. The number of rotatable bonds is 9. The summed E-state index contributed by atoms with van der Waals surface area (Å²) in [5.41, 5.74) is 0.730. The van der Waals surface area contributed by atoms with Crippen molar-refractivity contribution in [2.75, 3.05) is 13.1 Å². The first-order valence-corrected chi connectivity index (χ1v) is 8.23. The van der Waals surface area contributed by atoms with Gasteiger partial charge in [0.2, 0.25) is 0 Å². The molecule has 0 heterocycles. The molecule has 0 spiro atoms. The van der Waals surface area contributed by atoms with E-state index in [1.54, 1.807) is 36.4 Å². The van der Waals surface area contributed by atoms with Crippen LogP contribution in [0.4, 0.5) is 0 Å². The number of aromatic hydroxyl groups is 1. The van der Waals surface area contributed by atoms with Crippen molar-refractivity contribution < 1.29 is 24.9 Å². The monoisotopic (exact) mass is 358 g/mol. The van der Waals surface area contributed by atoms with E-state index in [0.29, 0.717) is 18.3 Å². The summed E-state index contributed by atoms with van der Waals surface area (Å²) in [5, 5.41) is 35.0. The molecule has 2 rings (SSSR count). The molecule has 2 unspecified atom stereocenters. The summed E-state index contributed by atoms with van der Waals surface area (Å²) in [6.45, 7) is 0.526. The first-order chi connectivity index (χ1) is 12.5. The Labute approximate surface area is 151 Å². The van der Waals surface area contributed by atoms with E-state index in [1.165, 1.54) is 12.1 Å². The summed E-state index contributed by atoms with van der Waals surface area (Å²) in [6.07, 6.45) is 7.86. The Kier molecular flexibility index (Phi) is 7.13. The van der Waals surface area contributed by atoms with Gasteiger partial charge in [-0.1, -0.05) is 36.4 Å². The van der Waals surface area contributed by atoms with Crippen molar-refractivity contribution in [2.45, 2.75) is 18.5 Å². The molecule has 0 amide bonds. The van der Waals surface area contributed by atoms with Gasteiger partial charge >= 0.3 is 5.97 Å². The quantitative estimate of drug-likeness (QED) is 0.336. The van der Waals surface area contributed by atoms with Gasteiger partial charge in [-0.2, -0.15) is 0 Å². The number of carbonyl (C=O) groups excluding carboxylic acids is 1. The lowest BCUT2D eigenvalue weighted by atomic mass is 10.1. The number of nitrogens with one attached hydrogen (secondary N) is 2. The molecule has 0 aromatic heterocycles. The minimum atomic E-state index is -1.11. The number of carbonyl (C=O) groups is 2. The van der Waals surface area contributed by atoms with Crippen LogP contribution in [0.1, 0.15) is 18.0 Å². The summed E-state index contributed by atoms with van der Waals surface area (Å²) in [6, 6.07) is 4.74. The van der Waals surface area contributed by atoms with Crippen molar-refractivity contribution in [3.63, 3.8) is 0 Å². The van der Waals surface area contributed by atoms with Gasteiger partial charge in [-0.25, -0.2) is 0 Å². The number of carboxylic acids is 1. The summed E-state index contributed by atoms with van der Waals surface area (Å²) in [4.78, 5) is 22.8. The molecule has 7 nitrogen and oxygen atoms in total. The third-order valence-corrected chi connectivity index (χ3v) is 3.94. The van der Waals surface area contributed by atoms with Crippen LogP contribution in [0.3, 0.4) is 0 Å². The maximum absolute atomic E-state index is 11.5. The molecule has 2 atom stereocenters. The molecule has 0 saturated heterocycles. The third kappa shape index (κ3) is 5.05. The number of benzene rings is 1. The zero-order valence-electron chi connectivity index (χ0n) is 14.1. The zero-order chi connectivity index (χ0) is 18.9. The first kappa shape index (κ1) is 19.4. The summed E-state index contributed by atoms with van der Waals surface area (Å²) < 4.78 is 0. The molecule has 1 aromatic carbocycles. The Bertz CT molecular complexity index is 739. The van der Waals surface area contributed by atoms with Gasteiger partial charge in [-0.05, 0) is 18.6 Å². The van der Waals surface area contributed by atoms with Crippen LogP contribution in [0.25, 0.3) is 0 Å². The topological polar surface area (TPSA) is 119 Å². The number of allylic oxidation sites excluding steroid dienone is 3. The molecule has 0 fully saturated rings. The molecule has 1 aromatic rings. The molecule has 0 saturated carbocycles. The van der Waals surface area contributed by atoms with Crippen molar-refractivity contribution in [3.05, 3.63) is 65.5 Å². The van der Waals surface area contributed by atoms with Gasteiger partial charge < -0.3 is 25.4 Å². The molecule has 0 radical (unpaired) electrons. The van der Waals surface area contributed by atoms with E-state index < -0.39 is 18.1 Å². The average molecular weight is 358 g/mol. The summed E-state index contributed by atoms with van der Waals surface area (Å²) >= 11 is 0. The third-order valence-electron chi connectivity index (χ3n) is 3.94.